The third-order valence-electron chi connectivity index (χ3n) is 5.45. The molecule has 2 atom stereocenters. The molecule has 0 spiro atoms. The molecule has 0 radical (unpaired) electrons. The van der Waals surface area contributed by atoms with Gasteiger partial charge in [0.1, 0.15) is 0 Å². The maximum Gasteiger partial charge on any atom is 0.0645 e. The molecule has 0 aromatic rings. The monoisotopic (exact) mass is 268 g/mol. The van der Waals surface area contributed by atoms with E-state index in [1.807, 2.05) is 0 Å². The van der Waals surface area contributed by atoms with Gasteiger partial charge in [-0.2, -0.15) is 0 Å². The summed E-state index contributed by atoms with van der Waals surface area (Å²) in [5.41, 5.74) is 6.61. The minimum absolute atomic E-state index is 0.129. The normalized spacial score (nSPS) is 36.9. The molecule has 1 saturated carbocycles. The number of nitrogens with zero attached hydrogens (tertiary/aromatic N) is 1. The molecule has 2 rings (SSSR count). The molecular formula is C16H32N2O. The Morgan fingerprint density at radius 2 is 2.05 bits per heavy atom. The second-order valence-electron chi connectivity index (χ2n) is 7.15. The Kier molecular flexibility index (Phi) is 4.91. The van der Waals surface area contributed by atoms with Crippen molar-refractivity contribution in [1.82, 2.24) is 4.90 Å². The summed E-state index contributed by atoms with van der Waals surface area (Å²) in [7, 11) is 0. The minimum atomic E-state index is 0.129. The number of hydrogen-bond donors (Lipinski definition) is 1. The average molecular weight is 268 g/mol. The third-order valence-corrected chi connectivity index (χ3v) is 5.45. The molecule has 0 amide bonds. The fraction of sp³-hybridized carbons (Fsp3) is 1.00. The zero-order valence-electron chi connectivity index (χ0n) is 13.1. The molecule has 3 heteroatoms. The molecule has 2 N–H and O–H groups in total. The summed E-state index contributed by atoms with van der Waals surface area (Å²) in [5.74, 6) is 0.914. The summed E-state index contributed by atoms with van der Waals surface area (Å²) >= 11 is 0. The van der Waals surface area contributed by atoms with Crippen LogP contribution in [0.1, 0.15) is 59.3 Å². The Bertz CT molecular complexity index is 292. The SMILES string of the molecule is CCC1CCCC(CN)(N2CCOCC2(C)C)CC1. The molecule has 1 heterocycles. The van der Waals surface area contributed by atoms with Gasteiger partial charge >= 0.3 is 0 Å². The quantitative estimate of drug-likeness (QED) is 0.800. The van der Waals surface area contributed by atoms with Gasteiger partial charge in [0.25, 0.3) is 0 Å². The lowest BCUT2D eigenvalue weighted by molar-refractivity contribution is -0.108. The van der Waals surface area contributed by atoms with Crippen LogP contribution in [-0.4, -0.2) is 42.3 Å². The van der Waals surface area contributed by atoms with Crippen molar-refractivity contribution in [3.05, 3.63) is 0 Å². The first-order valence-corrected chi connectivity index (χ1v) is 8.10. The summed E-state index contributed by atoms with van der Waals surface area (Å²) in [6, 6.07) is 0. The van der Waals surface area contributed by atoms with Crippen molar-refractivity contribution in [3.63, 3.8) is 0 Å². The van der Waals surface area contributed by atoms with Crippen molar-refractivity contribution in [2.24, 2.45) is 11.7 Å². The number of ether oxygens (including phenoxy) is 1. The van der Waals surface area contributed by atoms with E-state index in [2.05, 4.69) is 25.7 Å². The number of nitrogens with two attached hydrogens (primary N) is 1. The summed E-state index contributed by atoms with van der Waals surface area (Å²) in [5, 5.41) is 0. The predicted molar refractivity (Wildman–Crippen MR) is 80.3 cm³/mol. The fourth-order valence-electron chi connectivity index (χ4n) is 4.19. The maximum absolute atomic E-state index is 6.26. The van der Waals surface area contributed by atoms with Gasteiger partial charge in [-0.25, -0.2) is 0 Å². The Morgan fingerprint density at radius 3 is 2.68 bits per heavy atom. The van der Waals surface area contributed by atoms with Crippen molar-refractivity contribution < 1.29 is 4.74 Å². The Balaban J connectivity index is 2.16. The Morgan fingerprint density at radius 1 is 1.26 bits per heavy atom. The lowest BCUT2D eigenvalue weighted by atomic mass is 9.83. The van der Waals surface area contributed by atoms with E-state index in [0.29, 0.717) is 0 Å². The molecule has 1 aliphatic carbocycles. The van der Waals surface area contributed by atoms with Crippen LogP contribution >= 0.6 is 0 Å². The van der Waals surface area contributed by atoms with Crippen molar-refractivity contribution in [1.29, 1.82) is 0 Å². The third kappa shape index (κ3) is 3.14. The summed E-state index contributed by atoms with van der Waals surface area (Å²) in [6.45, 7) is 10.5. The van der Waals surface area contributed by atoms with Crippen molar-refractivity contribution in [3.8, 4) is 0 Å². The van der Waals surface area contributed by atoms with Gasteiger partial charge in [0.2, 0.25) is 0 Å². The highest BCUT2D eigenvalue weighted by Gasteiger charge is 2.45. The summed E-state index contributed by atoms with van der Waals surface area (Å²) in [4.78, 5) is 2.68. The molecule has 2 unspecified atom stereocenters. The van der Waals surface area contributed by atoms with Gasteiger partial charge in [-0.05, 0) is 39.0 Å². The lowest BCUT2D eigenvalue weighted by Gasteiger charge is -2.53. The van der Waals surface area contributed by atoms with E-state index in [9.17, 15) is 0 Å². The topological polar surface area (TPSA) is 38.5 Å². The largest absolute Gasteiger partial charge is 0.378 e. The van der Waals surface area contributed by atoms with Gasteiger partial charge in [-0.1, -0.05) is 26.2 Å². The van der Waals surface area contributed by atoms with E-state index in [1.54, 1.807) is 0 Å². The molecule has 112 valence electrons. The molecule has 19 heavy (non-hydrogen) atoms. The molecule has 2 aliphatic rings. The van der Waals surface area contributed by atoms with Gasteiger partial charge in [-0.3, -0.25) is 4.90 Å². The zero-order valence-corrected chi connectivity index (χ0v) is 13.1. The van der Waals surface area contributed by atoms with E-state index in [0.717, 1.165) is 32.2 Å². The molecule has 0 aromatic heterocycles. The first-order valence-electron chi connectivity index (χ1n) is 8.10. The van der Waals surface area contributed by atoms with E-state index in [-0.39, 0.29) is 11.1 Å². The molecular weight excluding hydrogens is 236 g/mol. The van der Waals surface area contributed by atoms with Crippen LogP contribution in [-0.2, 0) is 4.74 Å². The molecule has 0 aromatic carbocycles. The first kappa shape index (κ1) is 15.3. The highest BCUT2D eigenvalue weighted by molar-refractivity contribution is 5.01. The molecule has 0 bridgehead atoms. The van der Waals surface area contributed by atoms with Gasteiger partial charge in [0.05, 0.1) is 13.2 Å². The van der Waals surface area contributed by atoms with Gasteiger partial charge < -0.3 is 10.5 Å². The molecule has 1 saturated heterocycles. The predicted octanol–water partition coefficient (Wildman–Crippen LogP) is 2.79. The number of morpholine rings is 1. The Labute approximate surface area is 118 Å². The zero-order chi connectivity index (χ0) is 13.9. The van der Waals surface area contributed by atoms with Crippen LogP contribution < -0.4 is 5.73 Å². The summed E-state index contributed by atoms with van der Waals surface area (Å²) in [6.07, 6.45) is 7.94. The van der Waals surface area contributed by atoms with Crippen molar-refractivity contribution in [2.45, 2.75) is 70.4 Å². The van der Waals surface area contributed by atoms with Crippen molar-refractivity contribution >= 4 is 0 Å². The van der Waals surface area contributed by atoms with Crippen LogP contribution in [0.3, 0.4) is 0 Å². The highest BCUT2D eigenvalue weighted by atomic mass is 16.5. The fourth-order valence-corrected chi connectivity index (χ4v) is 4.19. The average Bonchev–Trinajstić information content (AvgIpc) is 2.61. The first-order chi connectivity index (χ1) is 9.04. The molecule has 2 fully saturated rings. The van der Waals surface area contributed by atoms with Crippen LogP contribution in [0.15, 0.2) is 0 Å². The van der Waals surface area contributed by atoms with Crippen LogP contribution in [0, 0.1) is 5.92 Å². The van der Waals surface area contributed by atoms with E-state index < -0.39 is 0 Å². The van der Waals surface area contributed by atoms with Crippen LogP contribution in [0.5, 0.6) is 0 Å². The lowest BCUT2D eigenvalue weighted by Crippen LogP contribution is -2.65. The van der Waals surface area contributed by atoms with Gasteiger partial charge in [-0.15, -0.1) is 0 Å². The minimum Gasteiger partial charge on any atom is -0.378 e. The van der Waals surface area contributed by atoms with Gasteiger partial charge in [0, 0.05) is 24.2 Å². The highest BCUT2D eigenvalue weighted by Crippen LogP contribution is 2.39. The Hall–Kier alpha value is -0.120. The van der Waals surface area contributed by atoms with Crippen LogP contribution in [0.2, 0.25) is 0 Å². The van der Waals surface area contributed by atoms with E-state index in [1.165, 1.54) is 38.5 Å². The van der Waals surface area contributed by atoms with E-state index in [4.69, 9.17) is 10.5 Å². The number of hydrogen-bond acceptors (Lipinski definition) is 3. The molecule has 1 aliphatic heterocycles. The maximum atomic E-state index is 6.26. The second kappa shape index (κ2) is 6.11. The summed E-state index contributed by atoms with van der Waals surface area (Å²) < 4.78 is 5.69. The van der Waals surface area contributed by atoms with Crippen molar-refractivity contribution in [2.75, 3.05) is 26.3 Å². The second-order valence-corrected chi connectivity index (χ2v) is 7.15. The standard InChI is InChI=1S/C16H32N2O/c1-4-14-6-5-8-16(12-17,9-7-14)18-10-11-19-13-15(18,2)3/h14H,4-13,17H2,1-3H3. The molecule has 3 nitrogen and oxygen atoms in total. The number of rotatable bonds is 3. The van der Waals surface area contributed by atoms with Crippen LogP contribution in [0.25, 0.3) is 0 Å². The van der Waals surface area contributed by atoms with Crippen LogP contribution in [0.4, 0.5) is 0 Å². The van der Waals surface area contributed by atoms with Gasteiger partial charge in [0.15, 0.2) is 0 Å². The van der Waals surface area contributed by atoms with E-state index >= 15 is 0 Å². The smallest absolute Gasteiger partial charge is 0.0645 e.